The van der Waals surface area contributed by atoms with E-state index in [1.54, 1.807) is 0 Å². The Kier molecular flexibility index (Phi) is 3.42. The molecule has 0 aliphatic rings. The second-order valence-corrected chi connectivity index (χ2v) is 4.98. The van der Waals surface area contributed by atoms with Crippen LogP contribution < -0.4 is 5.32 Å². The van der Waals surface area contributed by atoms with Crippen molar-refractivity contribution >= 4 is 22.9 Å². The average Bonchev–Trinajstić information content (AvgIpc) is 3.27. The Labute approximate surface area is 137 Å². The molecule has 2 N–H and O–H groups in total. The number of nitrogens with one attached hydrogen (secondary N) is 2. The summed E-state index contributed by atoms with van der Waals surface area (Å²) in [6.45, 7) is 0. The largest absolute Gasteiger partial charge is 0.355 e. The number of halogens is 2. The molecule has 0 saturated carbocycles. The van der Waals surface area contributed by atoms with Gasteiger partial charge < -0.3 is 14.8 Å². The summed E-state index contributed by atoms with van der Waals surface area (Å²) in [5.74, 6) is -2.24. The fourth-order valence-corrected chi connectivity index (χ4v) is 2.20. The van der Waals surface area contributed by atoms with Crippen molar-refractivity contribution in [1.29, 1.82) is 0 Å². The highest BCUT2D eigenvalue weighted by molar-refractivity contribution is 6.05. The molecule has 0 aliphatic heterocycles. The molecule has 0 fully saturated rings. The van der Waals surface area contributed by atoms with Crippen LogP contribution >= 0.6 is 0 Å². The fourth-order valence-electron chi connectivity index (χ4n) is 2.20. The highest BCUT2D eigenvalue weighted by atomic mass is 19.2. The second-order valence-electron chi connectivity index (χ2n) is 4.98. The number of anilines is 1. The van der Waals surface area contributed by atoms with Crippen molar-refractivity contribution in [2.45, 2.75) is 0 Å². The van der Waals surface area contributed by atoms with Gasteiger partial charge in [-0.1, -0.05) is 5.16 Å². The smallest absolute Gasteiger partial charge is 0.279 e. The summed E-state index contributed by atoms with van der Waals surface area (Å²) < 4.78 is 31.3. The van der Waals surface area contributed by atoms with Crippen LogP contribution in [0.2, 0.25) is 0 Å². The molecule has 3 heterocycles. The molecule has 8 nitrogen and oxygen atoms in total. The molecular weight excluding hydrogens is 334 g/mol. The SMILES string of the molecule is O=C(Nc1ncnc2nc[nH]c12)c1cc(-c2ccc(F)c(F)c2)on1. The van der Waals surface area contributed by atoms with Gasteiger partial charge in [-0.25, -0.2) is 23.7 Å². The van der Waals surface area contributed by atoms with Gasteiger partial charge in [-0.3, -0.25) is 4.79 Å². The molecule has 0 saturated heterocycles. The number of carbonyl (C=O) groups is 1. The maximum absolute atomic E-state index is 13.3. The van der Waals surface area contributed by atoms with Crippen LogP contribution in [0.5, 0.6) is 0 Å². The van der Waals surface area contributed by atoms with Crippen molar-refractivity contribution in [3.8, 4) is 11.3 Å². The maximum atomic E-state index is 13.3. The molecule has 0 unspecified atom stereocenters. The van der Waals surface area contributed by atoms with E-state index in [4.69, 9.17) is 4.52 Å². The number of hydrogen-bond acceptors (Lipinski definition) is 6. The first-order chi connectivity index (χ1) is 12.1. The molecule has 4 aromatic rings. The summed E-state index contributed by atoms with van der Waals surface area (Å²) in [7, 11) is 0. The van der Waals surface area contributed by atoms with E-state index in [1.807, 2.05) is 0 Å². The Balaban J connectivity index is 1.60. The minimum absolute atomic E-state index is 0.0500. The lowest BCUT2D eigenvalue weighted by atomic mass is 10.1. The average molecular weight is 342 g/mol. The van der Waals surface area contributed by atoms with Crippen molar-refractivity contribution in [1.82, 2.24) is 25.1 Å². The van der Waals surface area contributed by atoms with Gasteiger partial charge >= 0.3 is 0 Å². The Morgan fingerprint density at radius 3 is 2.84 bits per heavy atom. The number of rotatable bonds is 3. The van der Waals surface area contributed by atoms with E-state index in [2.05, 4.69) is 30.4 Å². The summed E-state index contributed by atoms with van der Waals surface area (Å²) in [5, 5.41) is 6.19. The molecule has 0 spiro atoms. The third kappa shape index (κ3) is 2.69. The molecule has 1 amide bonds. The molecule has 1 aromatic carbocycles. The van der Waals surface area contributed by atoms with Crippen LogP contribution in [0.1, 0.15) is 10.5 Å². The Morgan fingerprint density at radius 1 is 1.12 bits per heavy atom. The lowest BCUT2D eigenvalue weighted by molar-refractivity contribution is 0.101. The normalized spacial score (nSPS) is 11.0. The highest BCUT2D eigenvalue weighted by Gasteiger charge is 2.17. The Hall–Kier alpha value is -3.69. The van der Waals surface area contributed by atoms with Gasteiger partial charge in [0.15, 0.2) is 34.6 Å². The summed E-state index contributed by atoms with van der Waals surface area (Å²) in [6.07, 6.45) is 2.68. The van der Waals surface area contributed by atoms with E-state index >= 15 is 0 Å². The lowest BCUT2D eigenvalue weighted by Gasteiger charge is -2.01. The third-order valence-electron chi connectivity index (χ3n) is 3.40. The molecule has 0 bridgehead atoms. The molecule has 0 atom stereocenters. The maximum Gasteiger partial charge on any atom is 0.279 e. The molecular formula is C15H8F2N6O2. The molecule has 0 aliphatic carbocycles. The minimum Gasteiger partial charge on any atom is -0.355 e. The third-order valence-corrected chi connectivity index (χ3v) is 3.40. The molecule has 3 aromatic heterocycles. The number of amides is 1. The van der Waals surface area contributed by atoms with Crippen LogP contribution in [-0.4, -0.2) is 31.0 Å². The van der Waals surface area contributed by atoms with Crippen LogP contribution in [0.3, 0.4) is 0 Å². The van der Waals surface area contributed by atoms with E-state index in [9.17, 15) is 13.6 Å². The van der Waals surface area contributed by atoms with E-state index in [0.29, 0.717) is 11.2 Å². The van der Waals surface area contributed by atoms with Gasteiger partial charge in [-0.05, 0) is 18.2 Å². The number of H-pyrrole nitrogens is 1. The van der Waals surface area contributed by atoms with Gasteiger partial charge in [0, 0.05) is 11.6 Å². The van der Waals surface area contributed by atoms with Gasteiger partial charge in [-0.2, -0.15) is 0 Å². The van der Waals surface area contributed by atoms with E-state index in [0.717, 1.165) is 12.1 Å². The molecule has 25 heavy (non-hydrogen) atoms. The number of aromatic nitrogens is 5. The van der Waals surface area contributed by atoms with Crippen LogP contribution in [0.15, 0.2) is 41.4 Å². The quantitative estimate of drug-likeness (QED) is 0.592. The summed E-state index contributed by atoms with van der Waals surface area (Å²) in [5.41, 5.74) is 1.06. The summed E-state index contributed by atoms with van der Waals surface area (Å²) >= 11 is 0. The van der Waals surface area contributed by atoms with Crippen LogP contribution in [0, 0.1) is 11.6 Å². The zero-order chi connectivity index (χ0) is 17.4. The minimum atomic E-state index is -1.03. The standard InChI is InChI=1S/C15H8F2N6O2/c16-8-2-1-7(3-9(8)17)11-4-10(23-25-11)15(24)22-14-12-13(19-5-18-12)20-6-21-14/h1-6H,(H2,18,19,20,21,22,24). The van der Waals surface area contributed by atoms with Crippen molar-refractivity contribution in [2.24, 2.45) is 0 Å². The second kappa shape index (κ2) is 5.74. The number of benzene rings is 1. The van der Waals surface area contributed by atoms with Crippen molar-refractivity contribution in [2.75, 3.05) is 5.32 Å². The predicted octanol–water partition coefficient (Wildman–Crippen LogP) is 2.54. The lowest BCUT2D eigenvalue weighted by Crippen LogP contribution is -2.13. The van der Waals surface area contributed by atoms with Gasteiger partial charge in [0.2, 0.25) is 0 Å². The van der Waals surface area contributed by atoms with Crippen LogP contribution in [0.4, 0.5) is 14.6 Å². The fraction of sp³-hybridized carbons (Fsp3) is 0. The highest BCUT2D eigenvalue weighted by Crippen LogP contribution is 2.23. The topological polar surface area (TPSA) is 110 Å². The van der Waals surface area contributed by atoms with E-state index in [1.165, 1.54) is 24.8 Å². The van der Waals surface area contributed by atoms with Crippen LogP contribution in [0.25, 0.3) is 22.5 Å². The van der Waals surface area contributed by atoms with E-state index in [-0.39, 0.29) is 22.8 Å². The number of fused-ring (bicyclic) bond motifs is 1. The Bertz CT molecular complexity index is 1090. The number of hydrogen-bond donors (Lipinski definition) is 2. The van der Waals surface area contributed by atoms with Gasteiger partial charge in [-0.15, -0.1) is 0 Å². The van der Waals surface area contributed by atoms with Gasteiger partial charge in [0.25, 0.3) is 5.91 Å². The first-order valence-electron chi connectivity index (χ1n) is 6.99. The number of nitrogens with zero attached hydrogens (tertiary/aromatic N) is 4. The van der Waals surface area contributed by atoms with Crippen molar-refractivity contribution in [3.05, 3.63) is 54.2 Å². The van der Waals surface area contributed by atoms with Gasteiger partial charge in [0.05, 0.1) is 6.33 Å². The number of aromatic amines is 1. The zero-order valence-electron chi connectivity index (χ0n) is 12.3. The van der Waals surface area contributed by atoms with Crippen molar-refractivity contribution in [3.63, 3.8) is 0 Å². The molecule has 124 valence electrons. The Morgan fingerprint density at radius 2 is 2.00 bits per heavy atom. The molecule has 0 radical (unpaired) electrons. The van der Waals surface area contributed by atoms with Crippen LogP contribution in [-0.2, 0) is 0 Å². The summed E-state index contributed by atoms with van der Waals surface area (Å²) in [4.78, 5) is 27.0. The number of carbonyl (C=O) groups excluding carboxylic acids is 1. The first kappa shape index (κ1) is 14.9. The zero-order valence-corrected chi connectivity index (χ0v) is 12.3. The first-order valence-corrected chi connectivity index (χ1v) is 6.99. The predicted molar refractivity (Wildman–Crippen MR) is 81.5 cm³/mol. The van der Waals surface area contributed by atoms with Crippen molar-refractivity contribution < 1.29 is 18.1 Å². The van der Waals surface area contributed by atoms with E-state index < -0.39 is 17.5 Å². The van der Waals surface area contributed by atoms with Gasteiger partial charge in [0.1, 0.15) is 11.8 Å². The number of imidazole rings is 1. The molecule has 10 heteroatoms. The summed E-state index contributed by atoms with van der Waals surface area (Å²) in [6, 6.07) is 4.55. The monoisotopic (exact) mass is 342 g/mol. The molecule has 4 rings (SSSR count).